The molecule has 40 heteroatoms. The van der Waals surface area contributed by atoms with Crippen molar-refractivity contribution < 1.29 is 101 Å². The molecule has 0 bridgehead atoms. The van der Waals surface area contributed by atoms with Gasteiger partial charge >= 0.3 is 18.3 Å². The van der Waals surface area contributed by atoms with Gasteiger partial charge in [-0.2, -0.15) is 0 Å². The summed E-state index contributed by atoms with van der Waals surface area (Å²) in [6.45, 7) is 14.3. The van der Waals surface area contributed by atoms with Crippen molar-refractivity contribution in [3.63, 3.8) is 0 Å². The molecule has 3 aliphatic carbocycles. The van der Waals surface area contributed by atoms with Gasteiger partial charge in [-0.05, 0) is 142 Å². The average molecular weight is 1900 g/mol. The Labute approximate surface area is 771 Å². The molecular formula is C94H86F9N15O13S3. The summed E-state index contributed by atoms with van der Waals surface area (Å²) in [5.74, 6) is -10.8. The molecule has 18 rings (SSSR count). The molecule has 28 nitrogen and oxygen atoms in total. The van der Waals surface area contributed by atoms with Crippen LogP contribution in [-0.4, -0.2) is 160 Å². The Balaban J connectivity index is 0.000000147. The first-order valence-corrected chi connectivity index (χ1v) is 44.7. The van der Waals surface area contributed by atoms with Crippen LogP contribution in [0.4, 0.5) is 71.0 Å². The molecular weight excluding hydrogens is 1810 g/mol. The number of fused-ring (bicyclic) bond motifs is 6. The predicted octanol–water partition coefficient (Wildman–Crippen LogP) is 22.9. The lowest BCUT2D eigenvalue weighted by Crippen LogP contribution is -2.45. The molecule has 1 unspecified atom stereocenters. The highest BCUT2D eigenvalue weighted by molar-refractivity contribution is 7.22. The topological polar surface area (TPSA) is 334 Å². The number of aryl methyl sites for hydroxylation is 4. The zero-order valence-corrected chi connectivity index (χ0v) is 75.9. The van der Waals surface area contributed by atoms with Crippen LogP contribution in [0.5, 0.6) is 40.8 Å². The van der Waals surface area contributed by atoms with Crippen LogP contribution >= 0.6 is 34.0 Å². The molecule has 15 aromatic rings. The van der Waals surface area contributed by atoms with E-state index in [1.54, 1.807) is 43.3 Å². The first-order chi connectivity index (χ1) is 64.0. The number of alkyl halides is 6. The van der Waals surface area contributed by atoms with Gasteiger partial charge < -0.3 is 47.4 Å². The standard InChI is InChI=1S/C35H36F3N5O5S.C30H26F3N5O4S.C29H24F3N5O4S/c1-19-12-21(31-24(13-19)42-30(45-5)18-40-31)32-43-23-15-22(36)26(16-28(23)49-32)47-27-17-35(37,38)8-6-25(27)48-33(44)41-20-7-10-39-29(14-20)46-11-9-34(2,3)4;1-15-8-18(27-21(9-15)37-26(40-3)14-35-27)28-38-20-10-19(31)23(11-25(20)43-28)41-24-12-30(32,33)7-6-22(24)42-29(39)36-17-5-4-16(2)34-13-17;1-15-9-17(26-20(10-15)36-25(39-2)14-34-26)27-37-19-11-18(30)22(12-24(19)42-27)40-23-13-29(31,32)6-3-21(23)41-28(38)35-16-4-7-33-8-5-16/h7,10,12-16,18,25,27H,6,8-9,11,17H2,1-5H3,(H,39,41,44);4-5,8-11,13-14,22,24H,6-7,12H2,1-3H3,(H,36,39);4-5,7-12,14,21,23H,3,6,13H2,1-2H3,(H,33,35,38)/t25-,27+;22-,24?;21-,23+/m101/s1. The van der Waals surface area contributed by atoms with E-state index in [4.69, 9.17) is 47.4 Å². The molecule has 6 aromatic carbocycles. The highest BCUT2D eigenvalue weighted by Crippen LogP contribution is 2.46. The predicted molar refractivity (Wildman–Crippen MR) is 487 cm³/mol. The summed E-state index contributed by atoms with van der Waals surface area (Å²) in [6.07, 6.45) is -2.49. The number of thiazole rings is 3. The minimum absolute atomic E-state index is 0.0785. The summed E-state index contributed by atoms with van der Waals surface area (Å²) in [6, 6.07) is 28.8. The number of amides is 3. The smallest absolute Gasteiger partial charge is 0.412 e. The summed E-state index contributed by atoms with van der Waals surface area (Å²) in [5, 5.41) is 9.38. The Morgan fingerprint density at radius 2 is 0.769 bits per heavy atom. The highest BCUT2D eigenvalue weighted by atomic mass is 32.1. The third-order valence-corrected chi connectivity index (χ3v) is 25.0. The van der Waals surface area contributed by atoms with Gasteiger partial charge in [-0.25, -0.2) is 104 Å². The van der Waals surface area contributed by atoms with Crippen LogP contribution in [0.15, 0.2) is 153 Å². The molecule has 0 radical (unpaired) electrons. The lowest BCUT2D eigenvalue weighted by Gasteiger charge is -2.35. The number of aromatic nitrogens is 12. The van der Waals surface area contributed by atoms with E-state index < -0.39 is 129 Å². The summed E-state index contributed by atoms with van der Waals surface area (Å²) in [7, 11) is 4.53. The number of hydrogen-bond acceptors (Lipinski definition) is 28. The number of pyridine rings is 3. The largest absolute Gasteiger partial charge is 0.483 e. The number of hydrogen-bond donors (Lipinski definition) is 3. The molecule has 696 valence electrons. The van der Waals surface area contributed by atoms with Crippen molar-refractivity contribution in [2.75, 3.05) is 43.9 Å². The number of halogens is 9. The van der Waals surface area contributed by atoms with Gasteiger partial charge in [0.05, 0.1) is 147 Å². The normalized spacial score (nSPS) is 17.9. The number of benzene rings is 6. The maximum Gasteiger partial charge on any atom is 0.412 e. The van der Waals surface area contributed by atoms with Crippen LogP contribution in [0.3, 0.4) is 0 Å². The molecule has 0 aliphatic heterocycles. The molecule has 3 saturated carbocycles. The summed E-state index contributed by atoms with van der Waals surface area (Å²) in [5.41, 5.74) is 11.7. The third-order valence-electron chi connectivity index (χ3n) is 21.9. The maximum atomic E-state index is 15.4. The van der Waals surface area contributed by atoms with E-state index in [1.807, 2.05) is 57.2 Å². The number of ether oxygens (including phenoxy) is 10. The van der Waals surface area contributed by atoms with Crippen molar-refractivity contribution in [2.45, 2.75) is 167 Å². The zero-order valence-electron chi connectivity index (χ0n) is 73.5. The number of nitrogens with zero attached hydrogens (tertiary/aromatic N) is 12. The van der Waals surface area contributed by atoms with Gasteiger partial charge in [-0.3, -0.25) is 25.9 Å². The Morgan fingerprint density at radius 1 is 0.403 bits per heavy atom. The highest BCUT2D eigenvalue weighted by Gasteiger charge is 2.48. The van der Waals surface area contributed by atoms with E-state index in [9.17, 15) is 40.7 Å². The Kier molecular flexibility index (Phi) is 27.3. The summed E-state index contributed by atoms with van der Waals surface area (Å²) >= 11 is 3.82. The van der Waals surface area contributed by atoms with Gasteiger partial charge in [0.1, 0.15) is 51.6 Å². The lowest BCUT2D eigenvalue weighted by molar-refractivity contribution is -0.114. The molecule has 0 spiro atoms. The minimum Gasteiger partial charge on any atom is -0.483 e. The molecule has 6 atom stereocenters. The van der Waals surface area contributed by atoms with Crippen LogP contribution in [0.25, 0.3) is 95.5 Å². The van der Waals surface area contributed by atoms with Crippen LogP contribution in [0.1, 0.15) is 107 Å². The number of anilines is 3. The van der Waals surface area contributed by atoms with Gasteiger partial charge in [0.15, 0.2) is 34.7 Å². The molecule has 3 N–H and O–H groups in total. The second-order valence-corrected chi connectivity index (χ2v) is 36.6. The monoisotopic (exact) mass is 1900 g/mol. The number of nitrogens with one attached hydrogen (secondary N) is 3. The molecule has 9 heterocycles. The SMILES string of the molecule is COc1cnc2c(-c3nc4cc(F)c(OC5CC(F)(F)CC[C@@H]5OC(=O)Nc5ccc(C)nc5)cc4s3)cc(C)cc2n1.COc1cnc2c(-c3nc4cc(F)c(O[C@H]5CC(F)(F)CC[C@H]5OC(=O)Nc5ccnc(OCCC(C)(C)C)c5)cc4s3)cc(C)cc2n1.COc1cnc2c(-c3nc4cc(F)c(O[C@H]5CC(F)(F)CC[C@H]5OC(=O)Nc5ccncc5)cc4s3)cc(C)cc2n1. The van der Waals surface area contributed by atoms with E-state index in [1.165, 1.54) is 135 Å². The maximum absolute atomic E-state index is 15.4. The molecule has 0 saturated heterocycles. The Hall–Kier alpha value is -13.8. The fourth-order valence-electron chi connectivity index (χ4n) is 15.2. The van der Waals surface area contributed by atoms with Crippen molar-refractivity contribution in [1.29, 1.82) is 0 Å². The summed E-state index contributed by atoms with van der Waals surface area (Å²) in [4.78, 5) is 90.8. The van der Waals surface area contributed by atoms with Crippen LogP contribution in [0, 0.1) is 50.6 Å². The molecule has 9 aromatic heterocycles. The molecule has 3 amide bonds. The van der Waals surface area contributed by atoms with Crippen LogP contribution in [0.2, 0.25) is 0 Å². The fourth-order valence-corrected chi connectivity index (χ4v) is 18.2. The quantitative estimate of drug-likeness (QED) is 0.0444. The van der Waals surface area contributed by atoms with E-state index >= 15 is 13.2 Å². The molecule has 3 fully saturated rings. The van der Waals surface area contributed by atoms with Gasteiger partial charge in [0.2, 0.25) is 23.5 Å². The van der Waals surface area contributed by atoms with Crippen molar-refractivity contribution in [2.24, 2.45) is 5.41 Å². The Bertz CT molecular complexity index is 6910. The first-order valence-electron chi connectivity index (χ1n) is 42.2. The second-order valence-electron chi connectivity index (χ2n) is 33.5. The molecule has 3 aliphatic rings. The second kappa shape index (κ2) is 39.2. The van der Waals surface area contributed by atoms with E-state index in [2.05, 4.69) is 96.5 Å². The fraction of sp³-hybridized carbons (Fsp3) is 0.330. The number of carbonyl (C=O) groups is 3. The minimum atomic E-state index is -3.08. The van der Waals surface area contributed by atoms with Crippen molar-refractivity contribution in [3.05, 3.63) is 192 Å². The van der Waals surface area contributed by atoms with Crippen molar-refractivity contribution >= 4 is 133 Å². The van der Waals surface area contributed by atoms with E-state index in [0.29, 0.717) is 143 Å². The van der Waals surface area contributed by atoms with Crippen LogP contribution < -0.4 is 49.1 Å². The third kappa shape index (κ3) is 22.8. The number of rotatable bonds is 21. The van der Waals surface area contributed by atoms with Gasteiger partial charge in [0, 0.05) is 108 Å². The Morgan fingerprint density at radius 3 is 1.13 bits per heavy atom. The first kappa shape index (κ1) is 93.5. The van der Waals surface area contributed by atoms with Gasteiger partial charge in [0.25, 0.3) is 17.8 Å². The van der Waals surface area contributed by atoms with Gasteiger partial charge in [-0.1, -0.05) is 20.8 Å². The molecule has 134 heavy (non-hydrogen) atoms. The van der Waals surface area contributed by atoms with E-state index in [0.717, 1.165) is 28.8 Å². The number of methoxy groups -OCH3 is 3. The van der Waals surface area contributed by atoms with Crippen molar-refractivity contribution in [3.8, 4) is 72.5 Å². The zero-order chi connectivity index (χ0) is 94.7. The van der Waals surface area contributed by atoms with Crippen molar-refractivity contribution in [1.82, 2.24) is 59.8 Å². The van der Waals surface area contributed by atoms with E-state index in [-0.39, 0.29) is 41.9 Å². The van der Waals surface area contributed by atoms with Crippen LogP contribution in [-0.2, 0) is 14.2 Å². The van der Waals surface area contributed by atoms with Gasteiger partial charge in [-0.15, -0.1) is 34.0 Å². The number of carbonyl (C=O) groups excluding carboxylic acids is 3. The lowest BCUT2D eigenvalue weighted by atomic mass is 9.91. The average Bonchev–Trinajstić information content (AvgIpc) is 1.57. The summed E-state index contributed by atoms with van der Waals surface area (Å²) < 4.78 is 190.